The third kappa shape index (κ3) is 4.99. The summed E-state index contributed by atoms with van der Waals surface area (Å²) >= 11 is 9.99. The maximum Gasteiger partial charge on any atom is 0.253 e. The number of benzene rings is 2. The second kappa shape index (κ2) is 10.3. The number of nitrogens with one attached hydrogen (secondary N) is 1. The van der Waals surface area contributed by atoms with Crippen LogP contribution in [0.25, 0.3) is 16.9 Å². The molecule has 0 bridgehead atoms. The molecule has 1 amide bonds. The second-order valence-corrected chi connectivity index (χ2v) is 9.84. The second-order valence-electron chi connectivity index (χ2n) is 8.58. The number of methoxy groups -OCH3 is 1. The van der Waals surface area contributed by atoms with Crippen LogP contribution in [0.5, 0.6) is 5.75 Å². The highest BCUT2D eigenvalue weighted by Crippen LogP contribution is 2.30. The Morgan fingerprint density at radius 1 is 1.17 bits per heavy atom. The molecule has 0 aliphatic carbocycles. The van der Waals surface area contributed by atoms with Crippen molar-refractivity contribution < 1.29 is 9.53 Å². The molecule has 35 heavy (non-hydrogen) atoms. The highest BCUT2D eigenvalue weighted by Gasteiger charge is 2.24. The van der Waals surface area contributed by atoms with E-state index in [0.717, 1.165) is 65.4 Å². The molecule has 0 spiro atoms. The number of fused-ring (bicyclic) bond motifs is 1. The predicted octanol–water partition coefficient (Wildman–Crippen LogP) is 5.79. The first-order valence-electron chi connectivity index (χ1n) is 11.5. The summed E-state index contributed by atoms with van der Waals surface area (Å²) in [5, 5.41) is 8.69. The van der Waals surface area contributed by atoms with Crippen LogP contribution in [0.3, 0.4) is 0 Å². The minimum Gasteiger partial charge on any atom is -0.497 e. The van der Waals surface area contributed by atoms with Crippen LogP contribution >= 0.6 is 27.5 Å². The molecule has 1 aliphatic rings. The lowest BCUT2D eigenvalue weighted by molar-refractivity contribution is 0.0695. The number of carbonyl (C=O) groups is 1. The van der Waals surface area contributed by atoms with E-state index in [1.807, 2.05) is 59.5 Å². The number of carbonyl (C=O) groups excluding carboxylic acids is 1. The van der Waals surface area contributed by atoms with Crippen molar-refractivity contribution in [2.24, 2.45) is 5.92 Å². The molecule has 7 nitrogen and oxygen atoms in total. The van der Waals surface area contributed by atoms with Crippen molar-refractivity contribution in [2.75, 3.05) is 32.1 Å². The van der Waals surface area contributed by atoms with Gasteiger partial charge in [-0.3, -0.25) is 4.79 Å². The number of hydrogen-bond donors (Lipinski definition) is 1. The van der Waals surface area contributed by atoms with Gasteiger partial charge in [-0.1, -0.05) is 29.8 Å². The summed E-state index contributed by atoms with van der Waals surface area (Å²) in [6.07, 6.45) is 3.61. The quantitative estimate of drug-likeness (QED) is 0.327. The molecule has 2 aromatic heterocycles. The molecule has 180 valence electrons. The minimum atomic E-state index is 0.0701. The molecule has 1 aliphatic heterocycles. The van der Waals surface area contributed by atoms with E-state index >= 15 is 0 Å². The van der Waals surface area contributed by atoms with E-state index in [4.69, 9.17) is 21.3 Å². The Hall–Kier alpha value is -3.10. The summed E-state index contributed by atoms with van der Waals surface area (Å²) in [4.78, 5) is 19.6. The van der Waals surface area contributed by atoms with Gasteiger partial charge >= 0.3 is 0 Å². The third-order valence-electron chi connectivity index (χ3n) is 6.39. The molecule has 0 saturated carbocycles. The first-order chi connectivity index (χ1) is 17.0. The molecule has 1 saturated heterocycles. The van der Waals surface area contributed by atoms with Gasteiger partial charge in [0.1, 0.15) is 11.6 Å². The van der Waals surface area contributed by atoms with Gasteiger partial charge in [0.2, 0.25) is 0 Å². The number of rotatable bonds is 6. The van der Waals surface area contributed by atoms with E-state index in [-0.39, 0.29) is 5.91 Å². The van der Waals surface area contributed by atoms with Gasteiger partial charge in [0, 0.05) is 41.9 Å². The highest BCUT2D eigenvalue weighted by atomic mass is 79.9. The Balaban J connectivity index is 1.26. The Labute approximate surface area is 217 Å². The Morgan fingerprint density at radius 2 is 1.91 bits per heavy atom. The number of likely N-dealkylation sites (tertiary alicyclic amines) is 1. The van der Waals surface area contributed by atoms with Crippen molar-refractivity contribution in [1.29, 1.82) is 0 Å². The molecular weight excluding hydrogens is 530 g/mol. The maximum atomic E-state index is 12.9. The fourth-order valence-corrected chi connectivity index (χ4v) is 4.95. The van der Waals surface area contributed by atoms with Crippen LogP contribution < -0.4 is 10.1 Å². The van der Waals surface area contributed by atoms with Crippen LogP contribution in [0, 0.1) is 5.92 Å². The Kier molecular flexibility index (Phi) is 6.92. The van der Waals surface area contributed by atoms with Crippen LogP contribution in [-0.2, 0) is 0 Å². The van der Waals surface area contributed by atoms with Crippen molar-refractivity contribution in [3.05, 3.63) is 75.9 Å². The topological polar surface area (TPSA) is 71.8 Å². The van der Waals surface area contributed by atoms with Crippen LogP contribution in [0.15, 0.2) is 65.3 Å². The number of piperidine rings is 1. The number of anilines is 1. The first-order valence-corrected chi connectivity index (χ1v) is 12.7. The number of nitrogens with zero attached hydrogens (tertiary/aromatic N) is 4. The molecular formula is C26H25BrClN5O2. The zero-order valence-electron chi connectivity index (χ0n) is 19.2. The first kappa shape index (κ1) is 23.6. The fraction of sp³-hybridized carbons (Fsp3) is 0.269. The molecule has 5 rings (SSSR count). The molecule has 9 heteroatoms. The number of ether oxygens (including phenoxy) is 1. The van der Waals surface area contributed by atoms with Gasteiger partial charge in [-0.05, 0) is 65.0 Å². The van der Waals surface area contributed by atoms with Crippen molar-refractivity contribution in [2.45, 2.75) is 12.8 Å². The van der Waals surface area contributed by atoms with Gasteiger partial charge in [-0.2, -0.15) is 9.61 Å². The van der Waals surface area contributed by atoms with Gasteiger partial charge in [-0.15, -0.1) is 0 Å². The van der Waals surface area contributed by atoms with Crippen LogP contribution in [0.2, 0.25) is 5.02 Å². The SMILES string of the molecule is COc1ccc(C(=O)N2CCC(CNc3cc(-c4ccccc4Cl)nc4c(Br)cnn34)CC2)cc1. The minimum absolute atomic E-state index is 0.0701. The van der Waals surface area contributed by atoms with Crippen LogP contribution in [-0.4, -0.2) is 52.1 Å². The molecule has 0 radical (unpaired) electrons. The molecule has 2 aromatic carbocycles. The molecule has 0 unspecified atom stereocenters. The third-order valence-corrected chi connectivity index (χ3v) is 7.28. The van der Waals surface area contributed by atoms with Crippen molar-refractivity contribution in [3.63, 3.8) is 0 Å². The zero-order valence-corrected chi connectivity index (χ0v) is 21.6. The lowest BCUT2D eigenvalue weighted by Gasteiger charge is -2.32. The monoisotopic (exact) mass is 553 g/mol. The smallest absolute Gasteiger partial charge is 0.253 e. The predicted molar refractivity (Wildman–Crippen MR) is 141 cm³/mol. The highest BCUT2D eigenvalue weighted by molar-refractivity contribution is 9.10. The van der Waals surface area contributed by atoms with E-state index in [1.165, 1.54) is 0 Å². The van der Waals surface area contributed by atoms with Gasteiger partial charge in [0.15, 0.2) is 5.65 Å². The van der Waals surface area contributed by atoms with Crippen LogP contribution in [0.4, 0.5) is 5.82 Å². The average molecular weight is 555 g/mol. The molecule has 1 N–H and O–H groups in total. The summed E-state index contributed by atoms with van der Waals surface area (Å²) in [6, 6.07) is 17.0. The average Bonchev–Trinajstić information content (AvgIpc) is 3.28. The fourth-order valence-electron chi connectivity index (χ4n) is 4.37. The van der Waals surface area contributed by atoms with Gasteiger partial charge in [0.05, 0.1) is 23.5 Å². The summed E-state index contributed by atoms with van der Waals surface area (Å²) in [5.41, 5.74) is 3.08. The normalized spacial score (nSPS) is 14.3. The summed E-state index contributed by atoms with van der Waals surface area (Å²) < 4.78 is 7.80. The lowest BCUT2D eigenvalue weighted by atomic mass is 9.96. The van der Waals surface area contributed by atoms with Crippen molar-refractivity contribution in [3.8, 4) is 17.0 Å². The van der Waals surface area contributed by atoms with E-state index < -0.39 is 0 Å². The molecule has 0 atom stereocenters. The van der Waals surface area contributed by atoms with Crippen molar-refractivity contribution >= 4 is 44.9 Å². The molecule has 4 aromatic rings. The number of amides is 1. The van der Waals surface area contributed by atoms with E-state index in [9.17, 15) is 4.79 Å². The lowest BCUT2D eigenvalue weighted by Crippen LogP contribution is -2.40. The molecule has 1 fully saturated rings. The number of halogens is 2. The summed E-state index contributed by atoms with van der Waals surface area (Å²) in [7, 11) is 1.62. The Bertz CT molecular complexity index is 1350. The van der Waals surface area contributed by atoms with Gasteiger partial charge in [-0.25, -0.2) is 4.98 Å². The number of aromatic nitrogens is 3. The van der Waals surface area contributed by atoms with Crippen molar-refractivity contribution in [1.82, 2.24) is 19.5 Å². The Morgan fingerprint density at radius 3 is 2.63 bits per heavy atom. The zero-order chi connectivity index (χ0) is 24.4. The summed E-state index contributed by atoms with van der Waals surface area (Å²) in [5.74, 6) is 2.12. The number of hydrogen-bond acceptors (Lipinski definition) is 5. The standard InChI is InChI=1S/C26H25BrClN5O2/c1-35-19-8-6-18(7-9-19)26(34)32-12-10-17(11-13-32)15-29-24-14-23(20-4-2-3-5-22(20)28)31-25-21(27)16-30-33(24)25/h2-9,14,16-17,29H,10-13,15H2,1H3. The van der Waals surface area contributed by atoms with Gasteiger partial charge < -0.3 is 15.0 Å². The van der Waals surface area contributed by atoms with Gasteiger partial charge in [0.25, 0.3) is 5.91 Å². The van der Waals surface area contributed by atoms with E-state index in [2.05, 4.69) is 26.3 Å². The summed E-state index contributed by atoms with van der Waals surface area (Å²) in [6.45, 7) is 2.26. The van der Waals surface area contributed by atoms with Crippen LogP contribution in [0.1, 0.15) is 23.2 Å². The van der Waals surface area contributed by atoms with E-state index in [0.29, 0.717) is 16.5 Å². The largest absolute Gasteiger partial charge is 0.497 e. The van der Waals surface area contributed by atoms with E-state index in [1.54, 1.807) is 17.8 Å². The molecule has 3 heterocycles. The maximum absolute atomic E-state index is 12.9.